The summed E-state index contributed by atoms with van der Waals surface area (Å²) in [5.74, 6) is 0.903. The minimum absolute atomic E-state index is 0.108. The summed E-state index contributed by atoms with van der Waals surface area (Å²) in [4.78, 5) is 19.4. The van der Waals surface area contributed by atoms with Crippen LogP contribution in [-0.4, -0.2) is 23.9 Å². The summed E-state index contributed by atoms with van der Waals surface area (Å²) in [6.07, 6.45) is 5.67. The lowest BCUT2D eigenvalue weighted by atomic mass is 9.93. The molecule has 1 aromatic heterocycles. The summed E-state index contributed by atoms with van der Waals surface area (Å²) < 4.78 is 1.77. The smallest absolute Gasteiger partial charge is 0.294 e. The van der Waals surface area contributed by atoms with Gasteiger partial charge in [0.05, 0.1) is 10.7 Å². The largest absolute Gasteiger partial charge is 0.320 e. The predicted molar refractivity (Wildman–Crippen MR) is 103 cm³/mol. The van der Waals surface area contributed by atoms with Crippen LogP contribution in [0, 0.1) is 5.92 Å². The van der Waals surface area contributed by atoms with Gasteiger partial charge >= 0.3 is 0 Å². The minimum Gasteiger partial charge on any atom is -0.320 e. The Morgan fingerprint density at radius 2 is 2.12 bits per heavy atom. The number of hydrogen-bond acceptors (Lipinski definition) is 3. The van der Waals surface area contributed by atoms with Crippen LogP contribution in [0.4, 0.5) is 11.5 Å². The third-order valence-electron chi connectivity index (χ3n) is 5.12. The van der Waals surface area contributed by atoms with E-state index in [1.807, 2.05) is 11.0 Å². The van der Waals surface area contributed by atoms with Crippen LogP contribution >= 0.6 is 23.2 Å². The van der Waals surface area contributed by atoms with E-state index in [1.165, 1.54) is 0 Å². The second-order valence-electron chi connectivity index (χ2n) is 6.82. The molecule has 0 saturated heterocycles. The van der Waals surface area contributed by atoms with Gasteiger partial charge in [0.1, 0.15) is 13.0 Å². The van der Waals surface area contributed by atoms with Gasteiger partial charge in [0, 0.05) is 18.8 Å². The number of hydrogen-bond donors (Lipinski definition) is 0. The van der Waals surface area contributed by atoms with Crippen LogP contribution in [0.15, 0.2) is 23.1 Å². The fraction of sp³-hybridized carbons (Fsp3) is 0.444. The monoisotopic (exact) mass is 373 g/mol. The fourth-order valence-corrected chi connectivity index (χ4v) is 4.39. The molecule has 1 aliphatic heterocycles. The molecule has 7 heteroatoms. The number of benzene rings is 1. The van der Waals surface area contributed by atoms with E-state index in [0.29, 0.717) is 33.9 Å². The van der Waals surface area contributed by atoms with E-state index in [2.05, 4.69) is 11.9 Å². The van der Waals surface area contributed by atoms with Gasteiger partial charge in [-0.1, -0.05) is 41.7 Å². The Bertz CT molecular complexity index is 895. The highest BCUT2D eigenvalue weighted by Crippen LogP contribution is 2.42. The van der Waals surface area contributed by atoms with E-state index in [0.717, 1.165) is 36.9 Å². The first-order valence-corrected chi connectivity index (χ1v) is 9.39. The van der Waals surface area contributed by atoms with Crippen LogP contribution in [0.5, 0.6) is 0 Å². The molecule has 0 spiro atoms. The molecule has 0 N–H and O–H groups in total. The summed E-state index contributed by atoms with van der Waals surface area (Å²) in [6, 6.07) is 3.79. The topological polar surface area (TPSA) is 38.1 Å². The highest BCUT2D eigenvalue weighted by atomic mass is 35.5. The van der Waals surface area contributed by atoms with Gasteiger partial charge in [-0.25, -0.2) is 4.98 Å². The van der Waals surface area contributed by atoms with E-state index < -0.39 is 0 Å². The van der Waals surface area contributed by atoms with Crippen molar-refractivity contribution in [2.75, 3.05) is 11.4 Å². The van der Waals surface area contributed by atoms with Crippen molar-refractivity contribution in [3.05, 3.63) is 44.4 Å². The summed E-state index contributed by atoms with van der Waals surface area (Å²) >= 11 is 12.7. The molecule has 0 amide bonds. The van der Waals surface area contributed by atoms with Gasteiger partial charge in [0.25, 0.3) is 5.56 Å². The molecule has 1 aliphatic carbocycles. The van der Waals surface area contributed by atoms with Crippen molar-refractivity contribution in [2.45, 2.75) is 38.6 Å². The number of anilines is 2. The van der Waals surface area contributed by atoms with Gasteiger partial charge < -0.3 is 9.47 Å². The van der Waals surface area contributed by atoms with Gasteiger partial charge in [-0.2, -0.15) is 0 Å². The fourth-order valence-electron chi connectivity index (χ4n) is 3.86. The third kappa shape index (κ3) is 2.98. The van der Waals surface area contributed by atoms with E-state index in [-0.39, 0.29) is 11.6 Å². The minimum atomic E-state index is -0.108. The Morgan fingerprint density at radius 1 is 1.36 bits per heavy atom. The molecule has 2 radical (unpaired) electrons. The molecule has 4 nitrogen and oxygen atoms in total. The Kier molecular flexibility index (Phi) is 4.32. The van der Waals surface area contributed by atoms with E-state index >= 15 is 0 Å². The first-order chi connectivity index (χ1) is 12.0. The third-order valence-corrected chi connectivity index (χ3v) is 5.59. The average molecular weight is 374 g/mol. The zero-order chi connectivity index (χ0) is 17.7. The summed E-state index contributed by atoms with van der Waals surface area (Å²) in [5.41, 5.74) is 2.37. The first kappa shape index (κ1) is 17.0. The lowest BCUT2D eigenvalue weighted by Gasteiger charge is -2.23. The molecule has 1 atom stereocenters. The van der Waals surface area contributed by atoms with Crippen molar-refractivity contribution in [3.63, 3.8) is 0 Å². The molecule has 25 heavy (non-hydrogen) atoms. The van der Waals surface area contributed by atoms with Crippen LogP contribution < -0.4 is 15.9 Å². The molecule has 0 bridgehead atoms. The maximum absolute atomic E-state index is 13.2. The quantitative estimate of drug-likeness (QED) is 0.771. The van der Waals surface area contributed by atoms with E-state index in [1.54, 1.807) is 16.8 Å². The Balaban J connectivity index is 1.83. The number of aromatic nitrogens is 2. The lowest BCUT2D eigenvalue weighted by Crippen LogP contribution is -2.32. The predicted octanol–water partition coefficient (Wildman–Crippen LogP) is 3.40. The molecule has 128 valence electrons. The molecule has 2 aliphatic rings. The molecular formula is C18H18BCl2N3O. The zero-order valence-corrected chi connectivity index (χ0v) is 15.5. The van der Waals surface area contributed by atoms with Crippen molar-refractivity contribution in [1.82, 2.24) is 9.55 Å². The molecule has 4 rings (SSSR count). The van der Waals surface area contributed by atoms with Crippen LogP contribution in [0.3, 0.4) is 0 Å². The maximum Gasteiger partial charge on any atom is 0.294 e. The highest BCUT2D eigenvalue weighted by molar-refractivity contribution is 6.38. The number of fused-ring (bicyclic) bond motifs is 1. The number of rotatable bonds is 4. The Labute approximate surface area is 158 Å². The van der Waals surface area contributed by atoms with Crippen molar-refractivity contribution in [2.24, 2.45) is 5.92 Å². The van der Waals surface area contributed by atoms with Crippen LogP contribution in [0.1, 0.15) is 37.8 Å². The van der Waals surface area contributed by atoms with Crippen LogP contribution in [0.25, 0.3) is 0 Å². The molecule has 1 saturated carbocycles. The second kappa shape index (κ2) is 6.37. The molecular weight excluding hydrogens is 356 g/mol. The van der Waals surface area contributed by atoms with Crippen LogP contribution in [-0.2, 0) is 6.42 Å². The lowest BCUT2D eigenvalue weighted by molar-refractivity contribution is 0.419. The molecule has 0 unspecified atom stereocenters. The first-order valence-electron chi connectivity index (χ1n) is 8.63. The second-order valence-corrected chi connectivity index (χ2v) is 7.62. The number of nitrogens with zero attached hydrogens (tertiary/aromatic N) is 3. The van der Waals surface area contributed by atoms with E-state index in [4.69, 9.17) is 31.0 Å². The summed E-state index contributed by atoms with van der Waals surface area (Å²) in [5, 5.41) is 0.864. The standard InChI is InChI=1S/C18H18BCl2N3O/c1-2-14(10-3-4-10)24-9-15(21)22-17(18(24)25)23-6-5-11-7-12(19)8-13(20)16(11)23/h7-10,14H,2-6H2,1H3/t14-/m0/s1. The van der Waals surface area contributed by atoms with Gasteiger partial charge in [-0.3, -0.25) is 4.79 Å². The van der Waals surface area contributed by atoms with Crippen molar-refractivity contribution >= 4 is 48.0 Å². The average Bonchev–Trinajstić information content (AvgIpc) is 3.30. The molecule has 2 aromatic rings. The molecule has 2 heterocycles. The SMILES string of the molecule is [B]c1cc(Cl)c2c(c1)CCN2c1nc(Cl)cn([C@@H](CC)C2CC2)c1=O. The van der Waals surface area contributed by atoms with Crippen molar-refractivity contribution in [3.8, 4) is 0 Å². The zero-order valence-electron chi connectivity index (χ0n) is 14.0. The highest BCUT2D eigenvalue weighted by Gasteiger charge is 2.34. The van der Waals surface area contributed by atoms with Crippen LogP contribution in [0.2, 0.25) is 10.2 Å². The van der Waals surface area contributed by atoms with Crippen molar-refractivity contribution in [1.29, 1.82) is 0 Å². The van der Waals surface area contributed by atoms with Crippen molar-refractivity contribution < 1.29 is 0 Å². The summed E-state index contributed by atoms with van der Waals surface area (Å²) in [6.45, 7) is 2.75. The Hall–Kier alpha value is -1.46. The molecule has 1 aromatic carbocycles. The van der Waals surface area contributed by atoms with Gasteiger partial charge in [0.2, 0.25) is 5.82 Å². The Morgan fingerprint density at radius 3 is 2.80 bits per heavy atom. The number of halogens is 2. The molecule has 1 fully saturated rings. The summed E-state index contributed by atoms with van der Waals surface area (Å²) in [7, 11) is 5.89. The van der Waals surface area contributed by atoms with Gasteiger partial charge in [-0.05, 0) is 43.2 Å². The van der Waals surface area contributed by atoms with Gasteiger partial charge in [0.15, 0.2) is 0 Å². The normalized spacial score (nSPS) is 17.6. The van der Waals surface area contributed by atoms with Gasteiger partial charge in [-0.15, -0.1) is 0 Å². The van der Waals surface area contributed by atoms with E-state index in [9.17, 15) is 4.79 Å². The maximum atomic E-state index is 13.2.